The molecule has 2 aliphatic rings. The van der Waals surface area contributed by atoms with Gasteiger partial charge >= 0.3 is 0 Å². The maximum absolute atomic E-state index is 12.9. The maximum atomic E-state index is 12.9. The van der Waals surface area contributed by atoms with E-state index in [0.717, 1.165) is 41.5 Å². The van der Waals surface area contributed by atoms with E-state index in [1.165, 1.54) is 17.1 Å². The molecule has 3 heteroatoms. The molecule has 1 aliphatic heterocycles. The first-order chi connectivity index (χ1) is 11.0. The monoisotopic (exact) mass is 328 g/mol. The van der Waals surface area contributed by atoms with Gasteiger partial charge in [0.2, 0.25) is 0 Å². The van der Waals surface area contributed by atoms with Gasteiger partial charge in [0.15, 0.2) is 11.6 Å². The molecular formula is C20H24O2S. The van der Waals surface area contributed by atoms with E-state index >= 15 is 0 Å². The molecule has 0 saturated carbocycles. The van der Waals surface area contributed by atoms with Crippen LogP contribution in [0.15, 0.2) is 23.8 Å². The summed E-state index contributed by atoms with van der Waals surface area (Å²) in [5.41, 5.74) is 4.97. The Bertz CT molecular complexity index is 658. The lowest BCUT2D eigenvalue weighted by molar-refractivity contribution is -0.123. The van der Waals surface area contributed by atoms with Crippen molar-refractivity contribution in [3.05, 3.63) is 46.0 Å². The van der Waals surface area contributed by atoms with Gasteiger partial charge in [-0.1, -0.05) is 17.7 Å². The average Bonchev–Trinajstić information content (AvgIpc) is 2.75. The van der Waals surface area contributed by atoms with Gasteiger partial charge in [-0.3, -0.25) is 9.59 Å². The van der Waals surface area contributed by atoms with Crippen molar-refractivity contribution in [2.24, 2.45) is 5.92 Å². The number of Topliss-reactive ketones (excluding diaryl/α,β-unsaturated/α-hetero) is 1. The Morgan fingerprint density at radius 1 is 1.04 bits per heavy atom. The summed E-state index contributed by atoms with van der Waals surface area (Å²) in [6, 6.07) is 4.14. The summed E-state index contributed by atoms with van der Waals surface area (Å²) in [6.07, 6.45) is 4.74. The Balaban J connectivity index is 1.84. The van der Waals surface area contributed by atoms with Crippen LogP contribution >= 0.6 is 11.8 Å². The van der Waals surface area contributed by atoms with Crippen LogP contribution in [0.3, 0.4) is 0 Å². The molecule has 0 N–H and O–H groups in total. The molecule has 0 amide bonds. The Hall–Kier alpha value is -1.35. The van der Waals surface area contributed by atoms with Crippen LogP contribution in [0, 0.1) is 26.7 Å². The van der Waals surface area contributed by atoms with Gasteiger partial charge in [-0.15, -0.1) is 0 Å². The molecule has 0 bridgehead atoms. The molecule has 2 nitrogen and oxygen atoms in total. The van der Waals surface area contributed by atoms with Crippen LogP contribution in [0.1, 0.15) is 47.4 Å². The molecule has 3 rings (SSSR count). The minimum Gasteiger partial charge on any atom is -0.294 e. The molecule has 1 aliphatic carbocycles. The Labute approximate surface area is 142 Å². The van der Waals surface area contributed by atoms with Crippen LogP contribution in [0.25, 0.3) is 0 Å². The molecule has 122 valence electrons. The lowest BCUT2D eigenvalue weighted by atomic mass is 9.84. The van der Waals surface area contributed by atoms with Crippen molar-refractivity contribution < 1.29 is 9.59 Å². The van der Waals surface area contributed by atoms with Gasteiger partial charge in [0.25, 0.3) is 0 Å². The SMILES string of the molecule is Cc1cc(C)c(C2C(=O)C=C(CC3CCSCC3)C2=O)c(C)c1. The van der Waals surface area contributed by atoms with E-state index in [1.807, 2.05) is 32.5 Å². The molecule has 0 aromatic heterocycles. The third-order valence-electron chi connectivity index (χ3n) is 5.06. The van der Waals surface area contributed by atoms with Gasteiger partial charge < -0.3 is 0 Å². The fraction of sp³-hybridized carbons (Fsp3) is 0.500. The molecule has 1 fully saturated rings. The zero-order valence-corrected chi connectivity index (χ0v) is 15.0. The summed E-state index contributed by atoms with van der Waals surface area (Å²) in [4.78, 5) is 25.4. The molecule has 1 aromatic rings. The molecule has 1 atom stereocenters. The van der Waals surface area contributed by atoms with Crippen molar-refractivity contribution in [1.29, 1.82) is 0 Å². The largest absolute Gasteiger partial charge is 0.294 e. The van der Waals surface area contributed by atoms with Gasteiger partial charge in [-0.05, 0) is 80.2 Å². The van der Waals surface area contributed by atoms with E-state index in [2.05, 4.69) is 12.1 Å². The highest BCUT2D eigenvalue weighted by atomic mass is 32.2. The van der Waals surface area contributed by atoms with Crippen LogP contribution in [-0.2, 0) is 9.59 Å². The van der Waals surface area contributed by atoms with E-state index in [-0.39, 0.29) is 11.6 Å². The zero-order valence-electron chi connectivity index (χ0n) is 14.1. The molecule has 1 heterocycles. The van der Waals surface area contributed by atoms with Crippen molar-refractivity contribution in [1.82, 2.24) is 0 Å². The Kier molecular flexibility index (Phi) is 4.77. The summed E-state index contributed by atoms with van der Waals surface area (Å²) in [6.45, 7) is 6.06. The highest BCUT2D eigenvalue weighted by Crippen LogP contribution is 2.37. The summed E-state index contributed by atoms with van der Waals surface area (Å²) in [5.74, 6) is 2.36. The minimum absolute atomic E-state index is 0.0229. The van der Waals surface area contributed by atoms with Gasteiger partial charge in [-0.2, -0.15) is 11.8 Å². The lowest BCUT2D eigenvalue weighted by Gasteiger charge is -2.22. The number of hydrogen-bond donors (Lipinski definition) is 0. The smallest absolute Gasteiger partial charge is 0.174 e. The van der Waals surface area contributed by atoms with Crippen LogP contribution in [-0.4, -0.2) is 23.1 Å². The topological polar surface area (TPSA) is 34.1 Å². The number of carbonyl (C=O) groups excluding carboxylic acids is 2. The fourth-order valence-corrected chi connectivity index (χ4v) is 5.19. The van der Waals surface area contributed by atoms with Crippen molar-refractivity contribution >= 4 is 23.3 Å². The van der Waals surface area contributed by atoms with Crippen molar-refractivity contribution in [2.75, 3.05) is 11.5 Å². The average molecular weight is 328 g/mol. The quantitative estimate of drug-likeness (QED) is 0.776. The number of rotatable bonds is 3. The van der Waals surface area contributed by atoms with Gasteiger partial charge in [0, 0.05) is 5.57 Å². The number of hydrogen-bond acceptors (Lipinski definition) is 3. The summed E-state index contributed by atoms with van der Waals surface area (Å²) in [5, 5.41) is 0. The first-order valence-electron chi connectivity index (χ1n) is 8.41. The van der Waals surface area contributed by atoms with E-state index in [9.17, 15) is 9.59 Å². The highest BCUT2D eigenvalue weighted by molar-refractivity contribution is 7.99. The summed E-state index contributed by atoms with van der Waals surface area (Å²) >= 11 is 1.99. The normalized spacial score (nSPS) is 22.6. The molecule has 0 spiro atoms. The van der Waals surface area contributed by atoms with Crippen molar-refractivity contribution in [2.45, 2.75) is 46.0 Å². The van der Waals surface area contributed by atoms with E-state index in [1.54, 1.807) is 6.08 Å². The van der Waals surface area contributed by atoms with Gasteiger partial charge in [0.05, 0.1) is 0 Å². The number of allylic oxidation sites excluding steroid dienone is 2. The van der Waals surface area contributed by atoms with Crippen LogP contribution in [0.4, 0.5) is 0 Å². The van der Waals surface area contributed by atoms with Crippen LogP contribution in [0.2, 0.25) is 0 Å². The first kappa shape index (κ1) is 16.5. The Morgan fingerprint density at radius 2 is 1.65 bits per heavy atom. The standard InChI is InChI=1S/C20H24O2S/c1-12-8-13(2)18(14(3)9-12)19-17(21)11-16(20(19)22)10-15-4-6-23-7-5-15/h8-9,11,15,19H,4-7,10H2,1-3H3. The maximum Gasteiger partial charge on any atom is 0.174 e. The van der Waals surface area contributed by atoms with E-state index < -0.39 is 5.92 Å². The predicted octanol–water partition coefficient (Wildman–Crippen LogP) is 4.31. The molecular weight excluding hydrogens is 304 g/mol. The number of aryl methyl sites for hydroxylation is 3. The van der Waals surface area contributed by atoms with Crippen molar-refractivity contribution in [3.63, 3.8) is 0 Å². The van der Waals surface area contributed by atoms with E-state index in [4.69, 9.17) is 0 Å². The van der Waals surface area contributed by atoms with Crippen LogP contribution < -0.4 is 0 Å². The molecule has 1 unspecified atom stereocenters. The molecule has 1 aromatic carbocycles. The van der Waals surface area contributed by atoms with Crippen LogP contribution in [0.5, 0.6) is 0 Å². The minimum atomic E-state index is -0.594. The zero-order chi connectivity index (χ0) is 16.6. The summed E-state index contributed by atoms with van der Waals surface area (Å²) < 4.78 is 0. The fourth-order valence-electron chi connectivity index (χ4n) is 3.98. The van der Waals surface area contributed by atoms with Gasteiger partial charge in [0.1, 0.15) is 5.92 Å². The van der Waals surface area contributed by atoms with E-state index in [0.29, 0.717) is 5.92 Å². The lowest BCUT2D eigenvalue weighted by Crippen LogP contribution is -2.19. The Morgan fingerprint density at radius 3 is 2.26 bits per heavy atom. The molecule has 1 saturated heterocycles. The molecule has 0 radical (unpaired) electrons. The second-order valence-electron chi connectivity index (χ2n) is 6.94. The summed E-state index contributed by atoms with van der Waals surface area (Å²) in [7, 11) is 0. The number of thioether (sulfide) groups is 1. The third kappa shape index (κ3) is 3.30. The second kappa shape index (κ2) is 6.64. The first-order valence-corrected chi connectivity index (χ1v) is 9.57. The number of carbonyl (C=O) groups is 2. The highest BCUT2D eigenvalue weighted by Gasteiger charge is 2.38. The second-order valence-corrected chi connectivity index (χ2v) is 8.17. The predicted molar refractivity (Wildman–Crippen MR) is 96.2 cm³/mol. The van der Waals surface area contributed by atoms with Crippen molar-refractivity contribution in [3.8, 4) is 0 Å². The number of ketones is 2. The number of benzene rings is 1. The third-order valence-corrected chi connectivity index (χ3v) is 6.10. The van der Waals surface area contributed by atoms with Gasteiger partial charge in [-0.25, -0.2) is 0 Å². The molecule has 23 heavy (non-hydrogen) atoms.